The second-order valence-electron chi connectivity index (χ2n) is 15.4. The highest BCUT2D eigenvalue weighted by molar-refractivity contribution is 7.91. The van der Waals surface area contributed by atoms with Crippen molar-refractivity contribution in [3.63, 3.8) is 0 Å². The smallest absolute Gasteiger partial charge is 0.408 e. The topological polar surface area (TPSA) is 189 Å². The van der Waals surface area contributed by atoms with Gasteiger partial charge in [-0.15, -0.1) is 6.58 Å². The Morgan fingerprint density at radius 3 is 2.13 bits per heavy atom. The fourth-order valence-electron chi connectivity index (χ4n) is 6.23. The van der Waals surface area contributed by atoms with Gasteiger partial charge < -0.3 is 30.3 Å². The summed E-state index contributed by atoms with van der Waals surface area (Å²) in [6.45, 7) is 13.9. The molecular formula is C32H51N5O9S. The van der Waals surface area contributed by atoms with Crippen molar-refractivity contribution in [3.05, 3.63) is 12.7 Å². The summed E-state index contributed by atoms with van der Waals surface area (Å²) in [5, 5.41) is 7.60. The first-order valence-electron chi connectivity index (χ1n) is 16.5. The Bertz CT molecular complexity index is 1360. The number of hydrogen-bond donors (Lipinski definition) is 4. The fourth-order valence-corrected chi connectivity index (χ4v) is 7.60. The Morgan fingerprint density at radius 1 is 0.957 bits per heavy atom. The van der Waals surface area contributed by atoms with Crippen LogP contribution in [0.4, 0.5) is 9.59 Å². The summed E-state index contributed by atoms with van der Waals surface area (Å²) in [4.78, 5) is 68.4. The summed E-state index contributed by atoms with van der Waals surface area (Å²) in [7, 11) is -3.89. The van der Waals surface area contributed by atoms with E-state index < -0.39 is 85.8 Å². The highest BCUT2D eigenvalue weighted by Gasteiger charge is 2.62. The van der Waals surface area contributed by atoms with Gasteiger partial charge in [0.1, 0.15) is 29.3 Å². The monoisotopic (exact) mass is 681 g/mol. The first kappa shape index (κ1) is 36.5. The Kier molecular flexibility index (Phi) is 10.6. The van der Waals surface area contributed by atoms with Gasteiger partial charge in [-0.1, -0.05) is 46.1 Å². The van der Waals surface area contributed by atoms with Crippen LogP contribution in [0.5, 0.6) is 0 Å². The van der Waals surface area contributed by atoms with E-state index in [0.29, 0.717) is 12.8 Å². The quantitative estimate of drug-likeness (QED) is 0.251. The number of sulfonamides is 1. The zero-order valence-electron chi connectivity index (χ0n) is 28.3. The van der Waals surface area contributed by atoms with Crippen molar-refractivity contribution < 1.29 is 41.9 Å². The zero-order chi connectivity index (χ0) is 34.9. The highest BCUT2D eigenvalue weighted by atomic mass is 32.2. The van der Waals surface area contributed by atoms with Crippen LogP contribution in [0.1, 0.15) is 99.3 Å². The number of carbonyl (C=O) groups is 5. The van der Waals surface area contributed by atoms with E-state index in [1.54, 1.807) is 41.5 Å². The van der Waals surface area contributed by atoms with E-state index >= 15 is 0 Å². The average molecular weight is 682 g/mol. The van der Waals surface area contributed by atoms with Crippen molar-refractivity contribution in [1.82, 2.24) is 25.6 Å². The maximum Gasteiger partial charge on any atom is 0.408 e. The lowest BCUT2D eigenvalue weighted by Gasteiger charge is -2.36. The number of carbonyl (C=O) groups excluding carboxylic acids is 5. The Labute approximate surface area is 277 Å². The summed E-state index contributed by atoms with van der Waals surface area (Å²) >= 11 is 0. The van der Waals surface area contributed by atoms with E-state index in [1.165, 1.54) is 11.0 Å². The van der Waals surface area contributed by atoms with E-state index in [-0.39, 0.29) is 25.4 Å². The molecule has 1 heterocycles. The minimum absolute atomic E-state index is 0.0197. The average Bonchev–Trinajstić information content (AvgIpc) is 3.87. The van der Waals surface area contributed by atoms with Gasteiger partial charge in [0.15, 0.2) is 0 Å². The van der Waals surface area contributed by atoms with Crippen LogP contribution in [0.2, 0.25) is 0 Å². The second-order valence-corrected chi connectivity index (χ2v) is 17.3. The highest BCUT2D eigenvalue weighted by Crippen LogP contribution is 2.45. The largest absolute Gasteiger partial charge is 0.444 e. The molecule has 47 heavy (non-hydrogen) atoms. The van der Waals surface area contributed by atoms with Crippen molar-refractivity contribution >= 4 is 39.9 Å². The molecule has 4 fully saturated rings. The number of amides is 5. The van der Waals surface area contributed by atoms with Crippen LogP contribution < -0.4 is 20.7 Å². The predicted molar refractivity (Wildman–Crippen MR) is 172 cm³/mol. The van der Waals surface area contributed by atoms with Gasteiger partial charge in [-0.05, 0) is 58.3 Å². The van der Waals surface area contributed by atoms with Gasteiger partial charge in [0.05, 0.1) is 11.8 Å². The molecule has 2 unspecified atom stereocenters. The lowest BCUT2D eigenvalue weighted by molar-refractivity contribution is -0.143. The molecule has 0 aromatic rings. The summed E-state index contributed by atoms with van der Waals surface area (Å²) in [6, 6.07) is -2.35. The number of ether oxygens (including phenoxy) is 2. The fraction of sp³-hybridized carbons (Fsp3) is 0.781. The SMILES string of the molecule is C=CC1CC1(NC(=O)[C@@H]1C[C@@H](OC(=O)NC2CCCCC2)CN1C(=O)[C@@H](NC(=O)OC(C)(C)C)C(C)(C)C)C(=O)NS(=O)(=O)C1CC1. The normalized spacial score (nSPS) is 27.2. The molecule has 3 aliphatic carbocycles. The van der Waals surface area contributed by atoms with Gasteiger partial charge in [0.25, 0.3) is 5.91 Å². The Balaban J connectivity index is 1.56. The second kappa shape index (κ2) is 13.6. The predicted octanol–water partition coefficient (Wildman–Crippen LogP) is 2.62. The van der Waals surface area contributed by atoms with Crippen molar-refractivity contribution in [3.8, 4) is 0 Å². The lowest BCUT2D eigenvalue weighted by Crippen LogP contribution is -2.60. The maximum absolute atomic E-state index is 14.2. The van der Waals surface area contributed by atoms with Crippen LogP contribution >= 0.6 is 0 Å². The van der Waals surface area contributed by atoms with Gasteiger partial charge in [-0.25, -0.2) is 18.0 Å². The molecule has 1 aliphatic heterocycles. The number of nitrogens with zero attached hydrogens (tertiary/aromatic N) is 1. The van der Waals surface area contributed by atoms with Crippen LogP contribution in [0, 0.1) is 11.3 Å². The van der Waals surface area contributed by atoms with E-state index in [1.807, 2.05) is 0 Å². The van der Waals surface area contributed by atoms with Crippen LogP contribution in [0.15, 0.2) is 12.7 Å². The maximum atomic E-state index is 14.2. The molecule has 0 spiro atoms. The Hall–Kier alpha value is -3.36. The summed E-state index contributed by atoms with van der Waals surface area (Å²) in [5.74, 6) is -2.72. The third-order valence-corrected chi connectivity index (χ3v) is 10.9. The van der Waals surface area contributed by atoms with Crippen LogP contribution in [0.25, 0.3) is 0 Å². The molecule has 1 saturated heterocycles. The zero-order valence-corrected chi connectivity index (χ0v) is 29.2. The summed E-state index contributed by atoms with van der Waals surface area (Å²) < 4.78 is 38.4. The molecule has 0 bridgehead atoms. The third kappa shape index (κ3) is 9.17. The molecule has 5 atom stereocenters. The summed E-state index contributed by atoms with van der Waals surface area (Å²) in [5.41, 5.74) is -3.22. The van der Waals surface area contributed by atoms with E-state index in [9.17, 15) is 32.4 Å². The molecule has 3 saturated carbocycles. The summed E-state index contributed by atoms with van der Waals surface area (Å²) in [6.07, 6.45) is 4.89. The first-order valence-corrected chi connectivity index (χ1v) is 18.1. The standard InChI is InChI=1S/C32H51N5O9S/c1-8-19-17-32(19,27(40)36-47(43,44)22-14-15-22)35-25(38)23-16-21(45-28(41)33-20-12-10-9-11-13-20)18-37(23)26(39)24(30(2,3)4)34-29(42)46-31(5,6)7/h8,19-24H,1,9-18H2,2-7H3,(H,33,41)(H,34,42)(H,35,38)(H,36,40)/t19?,21-,23+,24-,32?/m1/s1. The van der Waals surface area contributed by atoms with Crippen molar-refractivity contribution in [1.29, 1.82) is 0 Å². The molecule has 5 amide bonds. The molecule has 0 radical (unpaired) electrons. The molecular weight excluding hydrogens is 630 g/mol. The van der Waals surface area contributed by atoms with Crippen molar-refractivity contribution in [2.75, 3.05) is 6.54 Å². The number of nitrogens with one attached hydrogen (secondary N) is 4. The Morgan fingerprint density at radius 2 is 1.60 bits per heavy atom. The molecule has 15 heteroatoms. The minimum atomic E-state index is -3.89. The molecule has 4 aliphatic rings. The molecule has 4 N–H and O–H groups in total. The number of alkyl carbamates (subject to hydrolysis) is 2. The molecule has 4 rings (SSSR count). The van der Waals surface area contributed by atoms with Gasteiger partial charge in [0, 0.05) is 18.4 Å². The lowest BCUT2D eigenvalue weighted by atomic mass is 9.85. The van der Waals surface area contributed by atoms with Crippen molar-refractivity contribution in [2.45, 2.75) is 140 Å². The van der Waals surface area contributed by atoms with Gasteiger partial charge in [-0.3, -0.25) is 19.1 Å². The van der Waals surface area contributed by atoms with E-state index in [2.05, 4.69) is 27.3 Å². The van der Waals surface area contributed by atoms with Gasteiger partial charge >= 0.3 is 12.2 Å². The third-order valence-electron chi connectivity index (χ3n) is 9.07. The van der Waals surface area contributed by atoms with Crippen LogP contribution in [-0.2, 0) is 33.9 Å². The van der Waals surface area contributed by atoms with Crippen LogP contribution in [0.3, 0.4) is 0 Å². The minimum Gasteiger partial charge on any atom is -0.444 e. The molecule has 264 valence electrons. The van der Waals surface area contributed by atoms with E-state index in [4.69, 9.17) is 9.47 Å². The molecule has 0 aromatic carbocycles. The van der Waals surface area contributed by atoms with Crippen LogP contribution in [-0.4, -0.2) is 90.4 Å². The van der Waals surface area contributed by atoms with Gasteiger partial charge in [0.2, 0.25) is 21.8 Å². The number of hydrogen-bond acceptors (Lipinski definition) is 9. The van der Waals surface area contributed by atoms with E-state index in [0.717, 1.165) is 32.1 Å². The van der Waals surface area contributed by atoms with Gasteiger partial charge in [-0.2, -0.15) is 0 Å². The molecule has 14 nitrogen and oxygen atoms in total. The number of likely N-dealkylation sites (tertiary alicyclic amines) is 1. The molecule has 0 aromatic heterocycles. The van der Waals surface area contributed by atoms with Crippen molar-refractivity contribution in [2.24, 2.45) is 11.3 Å². The number of rotatable bonds is 10. The first-order chi connectivity index (χ1) is 21.8.